The first-order valence-corrected chi connectivity index (χ1v) is 11.0. The summed E-state index contributed by atoms with van der Waals surface area (Å²) in [5.41, 5.74) is 1.28. The summed E-state index contributed by atoms with van der Waals surface area (Å²) in [4.78, 5) is 12.4. The number of carbonyl (C=O) groups is 1. The van der Waals surface area contributed by atoms with Crippen molar-refractivity contribution >= 4 is 51.7 Å². The topological polar surface area (TPSA) is 97.1 Å². The minimum absolute atomic E-state index is 0.0816. The van der Waals surface area contributed by atoms with Crippen LogP contribution in [0.4, 0.5) is 5.13 Å². The van der Waals surface area contributed by atoms with E-state index in [1.165, 1.54) is 24.5 Å². The number of aromatic nitrogens is 2. The Morgan fingerprint density at radius 2 is 2.03 bits per heavy atom. The Morgan fingerprint density at radius 3 is 2.69 bits per heavy atom. The van der Waals surface area contributed by atoms with Gasteiger partial charge < -0.3 is 9.47 Å². The van der Waals surface area contributed by atoms with Crippen molar-refractivity contribution < 1.29 is 14.3 Å². The fraction of sp³-hybridized carbons (Fsp3) is 0.182. The normalized spacial score (nSPS) is 11.0. The van der Waals surface area contributed by atoms with Crippen molar-refractivity contribution in [3.8, 4) is 17.6 Å². The minimum Gasteiger partial charge on any atom is -0.493 e. The molecule has 10 heteroatoms. The fourth-order valence-corrected chi connectivity index (χ4v) is 3.75. The molecule has 164 valence electrons. The highest BCUT2D eigenvalue weighted by Crippen LogP contribution is 2.31. The largest absolute Gasteiger partial charge is 0.493 e. The van der Waals surface area contributed by atoms with Crippen molar-refractivity contribution in [2.45, 2.75) is 20.0 Å². The van der Waals surface area contributed by atoms with Crippen molar-refractivity contribution in [2.24, 2.45) is 0 Å². The van der Waals surface area contributed by atoms with Crippen LogP contribution in [0.1, 0.15) is 23.1 Å². The smallest absolute Gasteiger partial charge is 0.268 e. The van der Waals surface area contributed by atoms with Crippen molar-refractivity contribution in [1.82, 2.24) is 10.2 Å². The summed E-state index contributed by atoms with van der Waals surface area (Å²) >= 11 is 13.4. The highest BCUT2D eigenvalue weighted by molar-refractivity contribution is 7.15. The second kappa shape index (κ2) is 11.0. The maximum absolute atomic E-state index is 12.4. The van der Waals surface area contributed by atoms with Gasteiger partial charge in [-0.25, -0.2) is 0 Å². The summed E-state index contributed by atoms with van der Waals surface area (Å²) in [6.45, 7) is 2.16. The van der Waals surface area contributed by atoms with Crippen molar-refractivity contribution in [3.05, 3.63) is 68.2 Å². The predicted molar refractivity (Wildman–Crippen MR) is 125 cm³/mol. The summed E-state index contributed by atoms with van der Waals surface area (Å²) < 4.78 is 11.2. The molecule has 0 radical (unpaired) electrons. The Kier molecular flexibility index (Phi) is 8.06. The average Bonchev–Trinajstić information content (AvgIpc) is 3.24. The molecule has 0 aliphatic carbocycles. The van der Waals surface area contributed by atoms with Gasteiger partial charge in [-0.1, -0.05) is 53.6 Å². The SMILES string of the molecule is CCc1nnc(NC(=O)C(C#N)=Cc2ccc(OCc3ccc(Cl)cc3Cl)c(OC)c2)s1. The van der Waals surface area contributed by atoms with Crippen LogP contribution in [-0.2, 0) is 17.8 Å². The lowest BCUT2D eigenvalue weighted by molar-refractivity contribution is -0.112. The maximum Gasteiger partial charge on any atom is 0.268 e. The molecule has 32 heavy (non-hydrogen) atoms. The van der Waals surface area contributed by atoms with Gasteiger partial charge in [0.15, 0.2) is 11.5 Å². The van der Waals surface area contributed by atoms with Crippen molar-refractivity contribution in [1.29, 1.82) is 5.26 Å². The number of methoxy groups -OCH3 is 1. The highest BCUT2D eigenvalue weighted by atomic mass is 35.5. The quantitative estimate of drug-likeness (QED) is 0.330. The molecule has 0 fully saturated rings. The van der Waals surface area contributed by atoms with Gasteiger partial charge in [0.2, 0.25) is 5.13 Å². The first-order chi connectivity index (χ1) is 15.4. The Bertz CT molecular complexity index is 1200. The van der Waals surface area contributed by atoms with Crippen LogP contribution in [0.3, 0.4) is 0 Å². The first kappa shape index (κ1) is 23.5. The number of anilines is 1. The Labute approximate surface area is 199 Å². The van der Waals surface area contributed by atoms with Gasteiger partial charge in [-0.05, 0) is 42.3 Å². The number of rotatable bonds is 8. The second-order valence-corrected chi connectivity index (χ2v) is 8.32. The number of amides is 1. The lowest BCUT2D eigenvalue weighted by atomic mass is 10.1. The van der Waals surface area contributed by atoms with E-state index in [-0.39, 0.29) is 12.2 Å². The van der Waals surface area contributed by atoms with Gasteiger partial charge in [0.05, 0.1) is 7.11 Å². The molecule has 0 aliphatic heterocycles. The number of nitriles is 1. The van der Waals surface area contributed by atoms with Crippen LogP contribution >= 0.6 is 34.5 Å². The standard InChI is InChI=1S/C22H18Cl2N4O3S/c1-3-20-27-28-22(32-20)26-21(29)15(11-25)8-13-4-7-18(19(9-13)30-2)31-12-14-5-6-16(23)10-17(14)24/h4-10H,3,12H2,1-2H3,(H,26,28,29). The number of aryl methyl sites for hydroxylation is 1. The van der Waals surface area contributed by atoms with Gasteiger partial charge in [0.1, 0.15) is 23.3 Å². The second-order valence-electron chi connectivity index (χ2n) is 6.41. The van der Waals surface area contributed by atoms with Crippen LogP contribution < -0.4 is 14.8 Å². The van der Waals surface area contributed by atoms with E-state index in [1.807, 2.05) is 13.0 Å². The van der Waals surface area contributed by atoms with Gasteiger partial charge >= 0.3 is 0 Å². The molecule has 0 bridgehead atoms. The summed E-state index contributed by atoms with van der Waals surface area (Å²) in [6.07, 6.45) is 2.17. The molecule has 3 rings (SSSR count). The van der Waals surface area contributed by atoms with E-state index >= 15 is 0 Å². The van der Waals surface area contributed by atoms with Crippen LogP contribution in [0, 0.1) is 11.3 Å². The number of nitrogens with one attached hydrogen (secondary N) is 1. The number of carbonyl (C=O) groups excluding carboxylic acids is 1. The lowest BCUT2D eigenvalue weighted by Crippen LogP contribution is -2.13. The molecular formula is C22H18Cl2N4O3S. The number of nitrogens with zero attached hydrogens (tertiary/aromatic N) is 3. The van der Waals surface area contributed by atoms with E-state index in [0.717, 1.165) is 10.6 Å². The number of hydrogen-bond acceptors (Lipinski definition) is 7. The number of hydrogen-bond donors (Lipinski definition) is 1. The molecule has 1 N–H and O–H groups in total. The Balaban J connectivity index is 1.74. The maximum atomic E-state index is 12.4. The zero-order chi connectivity index (χ0) is 23.1. The van der Waals surface area contributed by atoms with Crippen LogP contribution in [0.25, 0.3) is 6.08 Å². The third-order valence-electron chi connectivity index (χ3n) is 4.25. The summed E-state index contributed by atoms with van der Waals surface area (Å²) in [7, 11) is 1.50. The third kappa shape index (κ3) is 5.98. The molecule has 2 aromatic carbocycles. The van der Waals surface area contributed by atoms with E-state index in [9.17, 15) is 10.1 Å². The van der Waals surface area contributed by atoms with Gasteiger partial charge in [0, 0.05) is 15.6 Å². The summed E-state index contributed by atoms with van der Waals surface area (Å²) in [5, 5.41) is 22.0. The minimum atomic E-state index is -0.567. The Hall–Kier alpha value is -3.12. The summed E-state index contributed by atoms with van der Waals surface area (Å²) in [5.74, 6) is 0.362. The number of halogens is 2. The van der Waals surface area contributed by atoms with E-state index < -0.39 is 5.91 Å². The molecule has 0 saturated heterocycles. The molecular weight excluding hydrogens is 471 g/mol. The molecule has 0 unspecified atom stereocenters. The predicted octanol–water partition coefficient (Wildman–Crippen LogP) is 5.54. The summed E-state index contributed by atoms with van der Waals surface area (Å²) in [6, 6.07) is 12.2. The molecule has 7 nitrogen and oxygen atoms in total. The molecule has 1 amide bonds. The van der Waals surface area contributed by atoms with Crippen LogP contribution in [0.2, 0.25) is 10.0 Å². The molecule has 0 aliphatic rings. The average molecular weight is 489 g/mol. The van der Waals surface area contributed by atoms with Crippen molar-refractivity contribution in [2.75, 3.05) is 12.4 Å². The van der Waals surface area contributed by atoms with Gasteiger partial charge in [-0.15, -0.1) is 10.2 Å². The third-order valence-corrected chi connectivity index (χ3v) is 5.82. The van der Waals surface area contributed by atoms with Crippen molar-refractivity contribution in [3.63, 3.8) is 0 Å². The van der Waals surface area contributed by atoms with E-state index in [4.69, 9.17) is 32.7 Å². The van der Waals surface area contributed by atoms with E-state index in [0.29, 0.717) is 38.7 Å². The van der Waals surface area contributed by atoms with E-state index in [1.54, 1.807) is 36.4 Å². The highest BCUT2D eigenvalue weighted by Gasteiger charge is 2.14. The van der Waals surface area contributed by atoms with Crippen LogP contribution in [0.15, 0.2) is 42.0 Å². The monoisotopic (exact) mass is 488 g/mol. The van der Waals surface area contributed by atoms with E-state index in [2.05, 4.69) is 15.5 Å². The van der Waals surface area contributed by atoms with Gasteiger partial charge in [-0.3, -0.25) is 10.1 Å². The molecule has 0 spiro atoms. The van der Waals surface area contributed by atoms with Crippen LogP contribution in [0.5, 0.6) is 11.5 Å². The Morgan fingerprint density at radius 1 is 1.22 bits per heavy atom. The van der Waals surface area contributed by atoms with Gasteiger partial charge in [-0.2, -0.15) is 5.26 Å². The number of benzene rings is 2. The molecule has 0 saturated carbocycles. The molecule has 0 atom stereocenters. The molecule has 1 heterocycles. The fourth-order valence-electron chi connectivity index (χ4n) is 2.61. The zero-order valence-corrected chi connectivity index (χ0v) is 19.5. The first-order valence-electron chi connectivity index (χ1n) is 9.43. The lowest BCUT2D eigenvalue weighted by Gasteiger charge is -2.12. The molecule has 3 aromatic rings. The molecule has 1 aromatic heterocycles. The zero-order valence-electron chi connectivity index (χ0n) is 17.2. The van der Waals surface area contributed by atoms with Gasteiger partial charge in [0.25, 0.3) is 5.91 Å². The number of ether oxygens (including phenoxy) is 2. The van der Waals surface area contributed by atoms with Crippen LogP contribution in [-0.4, -0.2) is 23.2 Å².